The fraction of sp³-hybridized carbons (Fsp3) is 0.800. The smallest absolute Gasteiger partial charge is 0.312 e. The molecule has 1 rings (SSSR count). The Morgan fingerprint density at radius 1 is 0.850 bits per heavy atom. The van der Waals surface area contributed by atoms with Gasteiger partial charge in [-0.05, 0) is 90.9 Å². The number of carbonyl (C=O) groups is 1. The van der Waals surface area contributed by atoms with E-state index in [0.29, 0.717) is 6.61 Å². The van der Waals surface area contributed by atoms with Gasteiger partial charge in [0, 0.05) is 5.75 Å². The van der Waals surface area contributed by atoms with Crippen molar-refractivity contribution in [1.29, 1.82) is 0 Å². The van der Waals surface area contributed by atoms with Crippen molar-refractivity contribution in [1.82, 2.24) is 5.32 Å². The van der Waals surface area contributed by atoms with Gasteiger partial charge in [-0.3, -0.25) is 4.79 Å². The molecule has 0 aliphatic carbocycles. The summed E-state index contributed by atoms with van der Waals surface area (Å²) in [5, 5.41) is 3.50. The summed E-state index contributed by atoms with van der Waals surface area (Å²) in [7, 11) is 0. The van der Waals surface area contributed by atoms with Crippen LogP contribution < -0.4 is 11.1 Å². The summed E-state index contributed by atoms with van der Waals surface area (Å²) in [6.07, 6.45) is 6.53. The molecule has 0 aromatic heterocycles. The van der Waals surface area contributed by atoms with Crippen molar-refractivity contribution in [3.63, 3.8) is 0 Å². The van der Waals surface area contributed by atoms with Gasteiger partial charge in [0.05, 0.1) is 12.0 Å². The number of thiol groups is 1. The molecule has 232 valence electrons. The first-order valence-electron chi connectivity index (χ1n) is 15.6. The third kappa shape index (κ3) is 9.49. The van der Waals surface area contributed by atoms with Crippen LogP contribution >= 0.6 is 12.6 Å². The zero-order valence-corrected chi connectivity index (χ0v) is 28.9. The van der Waals surface area contributed by atoms with Crippen LogP contribution in [-0.4, -0.2) is 32.2 Å². The van der Waals surface area contributed by atoms with E-state index >= 15 is 0 Å². The van der Waals surface area contributed by atoms with Crippen LogP contribution in [-0.2, 0) is 15.3 Å². The van der Waals surface area contributed by atoms with Crippen LogP contribution in [0, 0.1) is 27.1 Å². The number of hydrogen-bond donors (Lipinski definition) is 3. The van der Waals surface area contributed by atoms with E-state index in [0.717, 1.165) is 51.1 Å². The van der Waals surface area contributed by atoms with Crippen LogP contribution in [0.2, 0.25) is 0 Å². The second kappa shape index (κ2) is 15.4. The molecule has 0 spiro atoms. The number of nitrogens with two attached hydrogens (primary N) is 1. The van der Waals surface area contributed by atoms with Gasteiger partial charge < -0.3 is 15.8 Å². The molecule has 0 saturated heterocycles. The van der Waals surface area contributed by atoms with E-state index in [-0.39, 0.29) is 33.5 Å². The van der Waals surface area contributed by atoms with Crippen molar-refractivity contribution in [3.05, 3.63) is 35.4 Å². The molecular formula is C35H64N2O2S. The van der Waals surface area contributed by atoms with Gasteiger partial charge >= 0.3 is 5.97 Å². The maximum Gasteiger partial charge on any atom is 0.312 e. The Balaban J connectivity index is 3.16. The normalized spacial score (nSPS) is 15.5. The first-order valence-corrected chi connectivity index (χ1v) is 16.3. The number of nitrogens with one attached hydrogen (secondary N) is 1. The van der Waals surface area contributed by atoms with Gasteiger partial charge in [0.15, 0.2) is 0 Å². The Morgan fingerprint density at radius 2 is 1.40 bits per heavy atom. The molecule has 0 saturated carbocycles. The first-order chi connectivity index (χ1) is 18.4. The zero-order valence-electron chi connectivity index (χ0n) is 28.0. The molecule has 5 heteroatoms. The van der Waals surface area contributed by atoms with Crippen LogP contribution in [0.25, 0.3) is 0 Å². The van der Waals surface area contributed by atoms with Crippen LogP contribution in [0.5, 0.6) is 0 Å². The van der Waals surface area contributed by atoms with Crippen molar-refractivity contribution < 1.29 is 9.53 Å². The van der Waals surface area contributed by atoms with Gasteiger partial charge in [0.1, 0.15) is 0 Å². The molecule has 1 aromatic carbocycles. The minimum absolute atomic E-state index is 0.0835. The lowest BCUT2D eigenvalue weighted by atomic mass is 9.43. The van der Waals surface area contributed by atoms with E-state index in [1.807, 2.05) is 0 Å². The second-order valence-electron chi connectivity index (χ2n) is 15.4. The molecule has 0 amide bonds. The van der Waals surface area contributed by atoms with Crippen molar-refractivity contribution in [2.75, 3.05) is 26.2 Å². The average molecular weight is 577 g/mol. The van der Waals surface area contributed by atoms with Crippen molar-refractivity contribution >= 4 is 18.6 Å². The quantitative estimate of drug-likeness (QED) is 0.0985. The number of hydrogen-bond acceptors (Lipinski definition) is 5. The summed E-state index contributed by atoms with van der Waals surface area (Å²) >= 11 is 4.47. The zero-order chi connectivity index (χ0) is 30.8. The third-order valence-corrected chi connectivity index (χ3v) is 10.4. The van der Waals surface area contributed by atoms with Gasteiger partial charge in [-0.2, -0.15) is 12.6 Å². The van der Waals surface area contributed by atoms with Gasteiger partial charge in [0.2, 0.25) is 0 Å². The number of esters is 1. The number of rotatable bonds is 17. The summed E-state index contributed by atoms with van der Waals surface area (Å²) in [5.74, 6) is 0.914. The van der Waals surface area contributed by atoms with E-state index in [9.17, 15) is 4.79 Å². The van der Waals surface area contributed by atoms with Gasteiger partial charge in [-0.15, -0.1) is 0 Å². The molecule has 0 radical (unpaired) electrons. The Morgan fingerprint density at radius 3 is 1.90 bits per heavy atom. The molecular weight excluding hydrogens is 512 g/mol. The topological polar surface area (TPSA) is 64.3 Å². The summed E-state index contributed by atoms with van der Waals surface area (Å²) in [5.41, 5.74) is 6.67. The minimum atomic E-state index is -0.707. The molecule has 0 bridgehead atoms. The van der Waals surface area contributed by atoms with E-state index in [1.54, 1.807) is 0 Å². The number of unbranched alkanes of at least 4 members (excludes halogenated alkanes) is 3. The minimum Gasteiger partial charge on any atom is -0.465 e. The lowest BCUT2D eigenvalue weighted by Crippen LogP contribution is -2.59. The molecule has 3 N–H and O–H groups in total. The maximum atomic E-state index is 14.1. The van der Waals surface area contributed by atoms with Gasteiger partial charge in [-0.1, -0.05) is 106 Å². The van der Waals surface area contributed by atoms with Gasteiger partial charge in [-0.25, -0.2) is 0 Å². The number of carbonyl (C=O) groups excluding carboxylic acids is 1. The molecule has 0 heterocycles. The molecule has 1 aromatic rings. The highest BCUT2D eigenvalue weighted by molar-refractivity contribution is 7.79. The van der Waals surface area contributed by atoms with Crippen molar-refractivity contribution in [3.8, 4) is 0 Å². The summed E-state index contributed by atoms with van der Waals surface area (Å²) in [6.45, 7) is 28.1. The Hall–Kier alpha value is -1.04. The maximum absolute atomic E-state index is 14.1. The van der Waals surface area contributed by atoms with Gasteiger partial charge in [0.25, 0.3) is 0 Å². The fourth-order valence-electron chi connectivity index (χ4n) is 6.22. The van der Waals surface area contributed by atoms with E-state index < -0.39 is 5.41 Å². The van der Waals surface area contributed by atoms with E-state index in [2.05, 4.69) is 118 Å². The first kappa shape index (κ1) is 37.0. The van der Waals surface area contributed by atoms with Crippen molar-refractivity contribution in [2.24, 2.45) is 32.8 Å². The van der Waals surface area contributed by atoms with E-state index in [4.69, 9.17) is 10.5 Å². The SMILES string of the molecule is CC(C)(C)CC(c1ccc(CS)cc1)C(C)(C)C(C)(C)C(C)(C(=O)OCCCNCCCCCCN)C(C)(C)C. The molecule has 40 heavy (non-hydrogen) atoms. The molecule has 0 aliphatic heterocycles. The van der Waals surface area contributed by atoms with Crippen LogP contribution in [0.1, 0.15) is 132 Å². The summed E-state index contributed by atoms with van der Waals surface area (Å²) in [6, 6.07) is 8.95. The Kier molecular flexibility index (Phi) is 14.3. The number of benzene rings is 1. The predicted molar refractivity (Wildman–Crippen MR) is 177 cm³/mol. The highest BCUT2D eigenvalue weighted by atomic mass is 32.1. The highest BCUT2D eigenvalue weighted by Gasteiger charge is 2.62. The van der Waals surface area contributed by atoms with E-state index in [1.165, 1.54) is 24.0 Å². The summed E-state index contributed by atoms with van der Waals surface area (Å²) < 4.78 is 6.09. The van der Waals surface area contributed by atoms with Crippen LogP contribution in [0.4, 0.5) is 0 Å². The Labute approximate surface area is 253 Å². The fourth-order valence-corrected chi connectivity index (χ4v) is 6.43. The third-order valence-electron chi connectivity index (χ3n) is 10.1. The lowest BCUT2D eigenvalue weighted by Gasteiger charge is -2.60. The number of ether oxygens (including phenoxy) is 1. The molecule has 2 atom stereocenters. The molecule has 4 nitrogen and oxygen atoms in total. The second-order valence-corrected chi connectivity index (χ2v) is 15.7. The standard InChI is InChI=1S/C35H64N2O2S/c1-31(2,3)25-29(28-19-17-27(26-40)18-20-28)33(7,8)34(9,10)35(11,32(4,5)6)30(38)39-24-16-23-37-22-15-13-12-14-21-36/h17-20,29,37,40H,12-16,21-26,36H2,1-11H3. The van der Waals surface area contributed by atoms with Crippen LogP contribution in [0.15, 0.2) is 24.3 Å². The van der Waals surface area contributed by atoms with Crippen molar-refractivity contribution in [2.45, 2.75) is 126 Å². The van der Waals surface area contributed by atoms with Crippen LogP contribution in [0.3, 0.4) is 0 Å². The molecule has 2 unspecified atom stereocenters. The lowest BCUT2D eigenvalue weighted by molar-refractivity contribution is -0.187. The average Bonchev–Trinajstić information content (AvgIpc) is 2.86. The Bertz CT molecular complexity index is 880. The molecule has 0 fully saturated rings. The summed E-state index contributed by atoms with van der Waals surface area (Å²) in [4.78, 5) is 14.1. The largest absolute Gasteiger partial charge is 0.465 e. The molecule has 0 aliphatic rings. The predicted octanol–water partition coefficient (Wildman–Crippen LogP) is 8.78. The highest BCUT2D eigenvalue weighted by Crippen LogP contribution is 2.64. The monoisotopic (exact) mass is 576 g/mol.